The number of aromatic nitrogens is 2. The molecule has 1 unspecified atom stereocenters. The van der Waals surface area contributed by atoms with Gasteiger partial charge in [-0.15, -0.1) is 0 Å². The molecule has 0 radical (unpaired) electrons. The van der Waals surface area contributed by atoms with E-state index in [0.717, 1.165) is 11.1 Å². The molecule has 8 heteroatoms. The third kappa shape index (κ3) is 3.69. The molecule has 29 heavy (non-hydrogen) atoms. The van der Waals surface area contributed by atoms with E-state index in [1.807, 2.05) is 0 Å². The molecule has 1 aliphatic rings. The number of amides is 1. The summed E-state index contributed by atoms with van der Waals surface area (Å²) in [6, 6.07) is 9.24. The molecule has 3 heterocycles. The van der Waals surface area contributed by atoms with Gasteiger partial charge in [-0.25, -0.2) is 9.37 Å². The van der Waals surface area contributed by atoms with Gasteiger partial charge in [-0.1, -0.05) is 11.6 Å². The predicted octanol–water partition coefficient (Wildman–Crippen LogP) is 3.70. The van der Waals surface area contributed by atoms with Gasteiger partial charge in [-0.3, -0.25) is 14.8 Å². The summed E-state index contributed by atoms with van der Waals surface area (Å²) in [6.45, 7) is 1.81. The Morgan fingerprint density at radius 2 is 2.07 bits per heavy atom. The molecule has 0 spiro atoms. The number of pyridine rings is 2. The van der Waals surface area contributed by atoms with Crippen molar-refractivity contribution >= 4 is 29.0 Å². The average Bonchev–Trinajstić information content (AvgIpc) is 2.69. The molecule has 0 bridgehead atoms. The summed E-state index contributed by atoms with van der Waals surface area (Å²) in [5.74, 6) is -0.528. The lowest BCUT2D eigenvalue weighted by Crippen LogP contribution is -2.34. The fraction of sp³-hybridized carbons (Fsp3) is 0.143. The Kier molecular flexibility index (Phi) is 4.76. The van der Waals surface area contributed by atoms with Crippen LogP contribution in [0.3, 0.4) is 0 Å². The Balaban J connectivity index is 1.66. The number of amidine groups is 1. The number of hydrogen-bond acceptors (Lipinski definition) is 5. The van der Waals surface area contributed by atoms with Gasteiger partial charge >= 0.3 is 0 Å². The minimum Gasteiger partial charge on any atom is -0.383 e. The van der Waals surface area contributed by atoms with Gasteiger partial charge in [-0.2, -0.15) is 0 Å². The van der Waals surface area contributed by atoms with Crippen molar-refractivity contribution in [3.8, 4) is 0 Å². The van der Waals surface area contributed by atoms with E-state index in [4.69, 9.17) is 17.3 Å². The Morgan fingerprint density at radius 1 is 1.24 bits per heavy atom. The van der Waals surface area contributed by atoms with Crippen LogP contribution < -0.4 is 11.1 Å². The molecule has 6 nitrogen and oxygen atoms in total. The largest absolute Gasteiger partial charge is 0.383 e. The van der Waals surface area contributed by atoms with Gasteiger partial charge in [0.15, 0.2) is 0 Å². The maximum absolute atomic E-state index is 14.7. The molecular weight excluding hydrogens is 393 g/mol. The number of aliphatic imine (C=N–C) groups is 1. The smallest absolute Gasteiger partial charge is 0.274 e. The van der Waals surface area contributed by atoms with E-state index in [2.05, 4.69) is 20.3 Å². The molecule has 146 valence electrons. The number of halogens is 2. The Labute approximate surface area is 171 Å². The Morgan fingerprint density at radius 3 is 2.83 bits per heavy atom. The first-order chi connectivity index (χ1) is 13.9. The summed E-state index contributed by atoms with van der Waals surface area (Å²) in [4.78, 5) is 25.1. The number of nitrogens with zero attached hydrogens (tertiary/aromatic N) is 3. The second kappa shape index (κ2) is 7.25. The highest BCUT2D eigenvalue weighted by Gasteiger charge is 2.34. The lowest BCUT2D eigenvalue weighted by atomic mass is 9.82. The summed E-state index contributed by atoms with van der Waals surface area (Å²) < 4.78 is 14.7. The topological polar surface area (TPSA) is 93.3 Å². The number of nitrogens with two attached hydrogens (primary N) is 1. The van der Waals surface area contributed by atoms with Crippen molar-refractivity contribution in [2.24, 2.45) is 10.7 Å². The van der Waals surface area contributed by atoms with Crippen LogP contribution in [0.2, 0.25) is 5.02 Å². The monoisotopic (exact) mass is 409 g/mol. The van der Waals surface area contributed by atoms with Crippen LogP contribution in [0.15, 0.2) is 60.0 Å². The van der Waals surface area contributed by atoms with Crippen molar-refractivity contribution in [1.29, 1.82) is 0 Å². The summed E-state index contributed by atoms with van der Waals surface area (Å²) in [6.07, 6.45) is 5.18. The number of nitrogens with one attached hydrogen (secondary N) is 1. The highest BCUT2D eigenvalue weighted by atomic mass is 35.5. The van der Waals surface area contributed by atoms with Gasteiger partial charge in [-0.05, 0) is 48.9 Å². The van der Waals surface area contributed by atoms with E-state index in [9.17, 15) is 9.18 Å². The normalized spacial score (nSPS) is 18.0. The minimum absolute atomic E-state index is 0.200. The van der Waals surface area contributed by atoms with Crippen LogP contribution >= 0.6 is 11.6 Å². The van der Waals surface area contributed by atoms with Crippen molar-refractivity contribution in [1.82, 2.24) is 9.97 Å². The minimum atomic E-state index is -0.927. The molecule has 0 saturated carbocycles. The Bertz CT molecular complexity index is 1130. The second-order valence-corrected chi connectivity index (χ2v) is 7.43. The molecule has 0 aliphatic carbocycles. The van der Waals surface area contributed by atoms with Gasteiger partial charge < -0.3 is 11.1 Å². The van der Waals surface area contributed by atoms with Crippen LogP contribution in [0, 0.1) is 5.82 Å². The van der Waals surface area contributed by atoms with Crippen LogP contribution in [0.4, 0.5) is 10.1 Å². The van der Waals surface area contributed by atoms with Crippen molar-refractivity contribution in [2.45, 2.75) is 18.9 Å². The number of fused-ring (bicyclic) bond motifs is 1. The molecule has 4 rings (SSSR count). The molecule has 0 saturated heterocycles. The van der Waals surface area contributed by atoms with E-state index in [-0.39, 0.29) is 5.69 Å². The average molecular weight is 410 g/mol. The van der Waals surface area contributed by atoms with E-state index < -0.39 is 17.3 Å². The number of benzene rings is 1. The van der Waals surface area contributed by atoms with Crippen LogP contribution in [-0.2, 0) is 12.0 Å². The predicted molar refractivity (Wildman–Crippen MR) is 110 cm³/mol. The summed E-state index contributed by atoms with van der Waals surface area (Å²) >= 11 is 5.80. The first-order valence-corrected chi connectivity index (χ1v) is 9.25. The zero-order valence-corrected chi connectivity index (χ0v) is 16.2. The van der Waals surface area contributed by atoms with Crippen molar-refractivity contribution in [2.75, 3.05) is 5.32 Å². The van der Waals surface area contributed by atoms with E-state index in [0.29, 0.717) is 28.5 Å². The number of carbonyl (C=O) groups excluding carboxylic acids is 1. The summed E-state index contributed by atoms with van der Waals surface area (Å²) in [5, 5.41) is 3.16. The maximum Gasteiger partial charge on any atom is 0.274 e. The number of hydrogen-bond donors (Lipinski definition) is 2. The molecule has 1 aliphatic heterocycles. The van der Waals surface area contributed by atoms with Gasteiger partial charge in [0, 0.05) is 41.8 Å². The quantitative estimate of drug-likeness (QED) is 0.689. The van der Waals surface area contributed by atoms with Crippen LogP contribution in [0.5, 0.6) is 0 Å². The van der Waals surface area contributed by atoms with Gasteiger partial charge in [0.2, 0.25) is 0 Å². The first kappa shape index (κ1) is 19.0. The highest BCUT2D eigenvalue weighted by Crippen LogP contribution is 2.37. The van der Waals surface area contributed by atoms with Crippen LogP contribution in [0.1, 0.15) is 34.1 Å². The van der Waals surface area contributed by atoms with Gasteiger partial charge in [0.05, 0.1) is 10.6 Å². The van der Waals surface area contributed by atoms with Crippen molar-refractivity contribution in [3.63, 3.8) is 0 Å². The zero-order chi connectivity index (χ0) is 20.6. The second-order valence-electron chi connectivity index (χ2n) is 6.99. The molecule has 1 atom stereocenters. The Hall–Kier alpha value is -3.32. The maximum atomic E-state index is 14.7. The molecule has 1 amide bonds. The lowest BCUT2D eigenvalue weighted by Gasteiger charge is -2.32. The number of rotatable bonds is 3. The number of anilines is 1. The van der Waals surface area contributed by atoms with E-state index >= 15 is 0 Å². The van der Waals surface area contributed by atoms with Gasteiger partial charge in [0.1, 0.15) is 17.3 Å². The van der Waals surface area contributed by atoms with Gasteiger partial charge in [0.25, 0.3) is 5.91 Å². The SMILES string of the molecule is CC1(c2cc(NC(=O)c3ccc(Cl)cn3)ccc2F)Cc2cnccc2C(N)=N1. The highest BCUT2D eigenvalue weighted by molar-refractivity contribution is 6.30. The molecule has 0 fully saturated rings. The first-order valence-electron chi connectivity index (χ1n) is 8.87. The third-order valence-corrected chi connectivity index (χ3v) is 5.07. The molecular formula is C21H17ClFN5O. The fourth-order valence-electron chi connectivity index (χ4n) is 3.43. The zero-order valence-electron chi connectivity index (χ0n) is 15.5. The summed E-state index contributed by atoms with van der Waals surface area (Å²) in [7, 11) is 0. The fourth-order valence-corrected chi connectivity index (χ4v) is 3.54. The van der Waals surface area contributed by atoms with E-state index in [1.54, 1.807) is 37.5 Å². The van der Waals surface area contributed by atoms with Crippen LogP contribution in [0.25, 0.3) is 0 Å². The van der Waals surface area contributed by atoms with E-state index in [1.165, 1.54) is 24.4 Å². The third-order valence-electron chi connectivity index (χ3n) is 4.85. The standard InChI is InChI=1S/C21H17ClFN5O/c1-21(9-12-10-25-7-6-15(12)19(24)28-21)16-8-14(3-4-17(16)23)27-20(29)18-5-2-13(22)11-26-18/h2-8,10-11H,9H2,1H3,(H2,24,28)(H,27,29). The van der Waals surface area contributed by atoms with Crippen molar-refractivity contribution < 1.29 is 9.18 Å². The molecule has 1 aromatic carbocycles. The summed E-state index contributed by atoms with van der Waals surface area (Å²) in [5.41, 5.74) is 7.85. The number of carbonyl (C=O) groups is 1. The molecule has 3 aromatic rings. The lowest BCUT2D eigenvalue weighted by molar-refractivity contribution is 0.102. The molecule has 3 N–H and O–H groups in total. The van der Waals surface area contributed by atoms with Crippen molar-refractivity contribution in [3.05, 3.63) is 88.2 Å². The molecule has 2 aromatic heterocycles. The van der Waals surface area contributed by atoms with Crippen LogP contribution in [-0.4, -0.2) is 21.7 Å².